The Morgan fingerprint density at radius 3 is 3.06 bits per heavy atom. The van der Waals surface area contributed by atoms with Gasteiger partial charge < -0.3 is 10.1 Å². The lowest BCUT2D eigenvalue weighted by Gasteiger charge is -2.13. The van der Waals surface area contributed by atoms with Crippen LogP contribution in [0, 0.1) is 0 Å². The van der Waals surface area contributed by atoms with Gasteiger partial charge in [0.2, 0.25) is 0 Å². The van der Waals surface area contributed by atoms with Crippen LogP contribution >= 0.6 is 27.5 Å². The van der Waals surface area contributed by atoms with Crippen molar-refractivity contribution in [1.82, 2.24) is 10.3 Å². The third-order valence-corrected chi connectivity index (χ3v) is 2.92. The zero-order valence-electron chi connectivity index (χ0n) is 9.67. The molecular weight excluding hydrogens is 307 g/mol. The molecule has 1 rings (SSSR count). The first kappa shape index (κ1) is 14.4. The Balaban J connectivity index is 2.66. The lowest BCUT2D eigenvalue weighted by atomic mass is 10.2. The second kappa shape index (κ2) is 6.93. The van der Waals surface area contributed by atoms with E-state index in [1.165, 1.54) is 0 Å². The molecule has 1 aromatic rings. The second-order valence-electron chi connectivity index (χ2n) is 3.65. The summed E-state index contributed by atoms with van der Waals surface area (Å²) in [5.41, 5.74) is 0.366. The zero-order chi connectivity index (χ0) is 12.8. The van der Waals surface area contributed by atoms with Crippen LogP contribution < -0.4 is 5.32 Å². The van der Waals surface area contributed by atoms with E-state index in [1.807, 2.05) is 6.92 Å². The molecular formula is C11H14BrClN2O2. The van der Waals surface area contributed by atoms with Crippen LogP contribution in [0.2, 0.25) is 5.15 Å². The molecule has 1 atom stereocenters. The van der Waals surface area contributed by atoms with Crippen molar-refractivity contribution < 1.29 is 9.53 Å². The van der Waals surface area contributed by atoms with E-state index < -0.39 is 0 Å². The molecule has 0 aromatic carbocycles. The van der Waals surface area contributed by atoms with Gasteiger partial charge in [0.1, 0.15) is 5.15 Å². The normalized spacial score (nSPS) is 12.2. The molecule has 0 saturated heterocycles. The molecule has 0 fully saturated rings. The summed E-state index contributed by atoms with van der Waals surface area (Å²) in [5, 5.41) is 3.03. The number of carbonyl (C=O) groups is 1. The van der Waals surface area contributed by atoms with E-state index in [2.05, 4.69) is 26.2 Å². The van der Waals surface area contributed by atoms with Crippen LogP contribution in [0.25, 0.3) is 0 Å². The molecule has 0 radical (unpaired) electrons. The highest BCUT2D eigenvalue weighted by molar-refractivity contribution is 9.10. The van der Waals surface area contributed by atoms with Crippen molar-refractivity contribution in [3.63, 3.8) is 0 Å². The van der Waals surface area contributed by atoms with Gasteiger partial charge in [-0.05, 0) is 35.3 Å². The highest BCUT2D eigenvalue weighted by Crippen LogP contribution is 2.18. The Hall–Kier alpha value is -0.650. The average Bonchev–Trinajstić information content (AvgIpc) is 2.29. The molecule has 1 unspecified atom stereocenters. The van der Waals surface area contributed by atoms with Crippen molar-refractivity contribution in [1.29, 1.82) is 0 Å². The van der Waals surface area contributed by atoms with E-state index in [-0.39, 0.29) is 17.1 Å². The van der Waals surface area contributed by atoms with Gasteiger partial charge in [-0.3, -0.25) is 4.79 Å². The number of nitrogens with one attached hydrogen (secondary N) is 1. The largest absolute Gasteiger partial charge is 0.385 e. The first-order valence-corrected chi connectivity index (χ1v) is 6.32. The minimum absolute atomic E-state index is 0.0255. The third kappa shape index (κ3) is 4.61. The Labute approximate surface area is 114 Å². The Kier molecular flexibility index (Phi) is 5.88. The number of nitrogens with zero attached hydrogens (tertiary/aromatic N) is 1. The molecule has 1 heterocycles. The molecule has 0 bridgehead atoms. The van der Waals surface area contributed by atoms with Gasteiger partial charge in [0.25, 0.3) is 5.91 Å². The quantitative estimate of drug-likeness (QED) is 0.848. The lowest BCUT2D eigenvalue weighted by Crippen LogP contribution is -2.33. The number of aromatic nitrogens is 1. The van der Waals surface area contributed by atoms with Gasteiger partial charge in [-0.1, -0.05) is 11.6 Å². The first-order chi connectivity index (χ1) is 8.04. The molecule has 0 aliphatic heterocycles. The number of hydrogen-bond acceptors (Lipinski definition) is 3. The van der Waals surface area contributed by atoms with Gasteiger partial charge in [-0.15, -0.1) is 0 Å². The fraction of sp³-hybridized carbons (Fsp3) is 0.455. The molecule has 17 heavy (non-hydrogen) atoms. The van der Waals surface area contributed by atoms with Gasteiger partial charge in [-0.2, -0.15) is 0 Å². The van der Waals surface area contributed by atoms with Crippen molar-refractivity contribution in [2.45, 2.75) is 19.4 Å². The smallest absolute Gasteiger partial charge is 0.254 e. The molecule has 1 amide bonds. The van der Waals surface area contributed by atoms with Gasteiger partial charge in [0, 0.05) is 30.4 Å². The average molecular weight is 322 g/mol. The summed E-state index contributed by atoms with van der Waals surface area (Å²) < 4.78 is 5.66. The molecule has 94 valence electrons. The summed E-state index contributed by atoms with van der Waals surface area (Å²) in [4.78, 5) is 15.8. The number of amides is 1. The molecule has 0 aliphatic carbocycles. The molecule has 6 heteroatoms. The topological polar surface area (TPSA) is 51.2 Å². The maximum Gasteiger partial charge on any atom is 0.254 e. The number of pyridine rings is 1. The van der Waals surface area contributed by atoms with E-state index in [1.54, 1.807) is 19.4 Å². The Bertz CT molecular complexity index is 401. The van der Waals surface area contributed by atoms with E-state index in [9.17, 15) is 4.79 Å². The van der Waals surface area contributed by atoms with Gasteiger partial charge in [0.05, 0.1) is 5.56 Å². The number of rotatable bonds is 5. The minimum atomic E-state index is -0.229. The zero-order valence-corrected chi connectivity index (χ0v) is 12.0. The summed E-state index contributed by atoms with van der Waals surface area (Å²) in [6.45, 7) is 2.52. The summed E-state index contributed by atoms with van der Waals surface area (Å²) in [6.07, 6.45) is 2.30. The fourth-order valence-electron chi connectivity index (χ4n) is 1.25. The first-order valence-electron chi connectivity index (χ1n) is 5.15. The number of methoxy groups -OCH3 is 1. The van der Waals surface area contributed by atoms with Gasteiger partial charge in [0.15, 0.2) is 0 Å². The highest BCUT2D eigenvalue weighted by atomic mass is 79.9. The van der Waals surface area contributed by atoms with Gasteiger partial charge in [-0.25, -0.2) is 4.98 Å². The predicted octanol–water partition coefficient (Wildman–Crippen LogP) is 2.65. The van der Waals surface area contributed by atoms with E-state index >= 15 is 0 Å². The number of carbonyl (C=O) groups excluding carboxylic acids is 1. The summed E-state index contributed by atoms with van der Waals surface area (Å²) in [6, 6.07) is 1.67. The van der Waals surface area contributed by atoms with Gasteiger partial charge >= 0.3 is 0 Å². The van der Waals surface area contributed by atoms with Crippen LogP contribution in [0.5, 0.6) is 0 Å². The predicted molar refractivity (Wildman–Crippen MR) is 70.4 cm³/mol. The van der Waals surface area contributed by atoms with Crippen molar-refractivity contribution in [2.24, 2.45) is 0 Å². The second-order valence-corrected chi connectivity index (χ2v) is 4.92. The maximum absolute atomic E-state index is 11.9. The SMILES string of the molecule is COCCC(C)NC(=O)c1cc(Br)cnc1Cl. The molecule has 4 nitrogen and oxygen atoms in total. The van der Waals surface area contributed by atoms with Crippen molar-refractivity contribution in [2.75, 3.05) is 13.7 Å². The number of hydrogen-bond donors (Lipinski definition) is 1. The Morgan fingerprint density at radius 2 is 2.41 bits per heavy atom. The van der Waals surface area contributed by atoms with Crippen LogP contribution in [0.15, 0.2) is 16.7 Å². The maximum atomic E-state index is 11.9. The van der Waals surface area contributed by atoms with E-state index in [0.717, 1.165) is 10.9 Å². The molecule has 1 N–H and O–H groups in total. The van der Waals surface area contributed by atoms with Crippen molar-refractivity contribution in [3.05, 3.63) is 27.5 Å². The summed E-state index contributed by atoms with van der Waals surface area (Å²) in [5.74, 6) is -0.229. The van der Waals surface area contributed by atoms with Crippen LogP contribution in [0.3, 0.4) is 0 Å². The molecule has 0 saturated carbocycles. The lowest BCUT2D eigenvalue weighted by molar-refractivity contribution is 0.0929. The minimum Gasteiger partial charge on any atom is -0.385 e. The van der Waals surface area contributed by atoms with Crippen LogP contribution in [0.4, 0.5) is 0 Å². The van der Waals surface area contributed by atoms with Crippen molar-refractivity contribution in [3.8, 4) is 0 Å². The molecule has 1 aromatic heterocycles. The van der Waals surface area contributed by atoms with E-state index in [0.29, 0.717) is 12.2 Å². The van der Waals surface area contributed by atoms with Crippen LogP contribution in [-0.4, -0.2) is 30.6 Å². The monoisotopic (exact) mass is 320 g/mol. The summed E-state index contributed by atoms with van der Waals surface area (Å²) >= 11 is 9.11. The summed E-state index contributed by atoms with van der Waals surface area (Å²) in [7, 11) is 1.63. The van der Waals surface area contributed by atoms with Crippen LogP contribution in [-0.2, 0) is 4.74 Å². The number of ether oxygens (including phenoxy) is 1. The van der Waals surface area contributed by atoms with Crippen molar-refractivity contribution >= 4 is 33.4 Å². The number of halogens is 2. The highest BCUT2D eigenvalue weighted by Gasteiger charge is 2.14. The van der Waals surface area contributed by atoms with Crippen LogP contribution in [0.1, 0.15) is 23.7 Å². The standard InChI is InChI=1S/C11H14BrClN2O2/c1-7(3-4-17-2)15-11(16)9-5-8(12)6-14-10(9)13/h5-7H,3-4H2,1-2H3,(H,15,16). The Morgan fingerprint density at radius 1 is 1.71 bits per heavy atom. The third-order valence-electron chi connectivity index (χ3n) is 2.18. The molecule has 0 aliphatic rings. The fourth-order valence-corrected chi connectivity index (χ4v) is 1.77. The molecule has 0 spiro atoms. The van der Waals surface area contributed by atoms with E-state index in [4.69, 9.17) is 16.3 Å².